The Labute approximate surface area is 143 Å². The predicted octanol–water partition coefficient (Wildman–Crippen LogP) is 2.77. The van der Waals surface area contributed by atoms with Gasteiger partial charge in [-0.1, -0.05) is 11.6 Å². The van der Waals surface area contributed by atoms with E-state index in [-0.39, 0.29) is 35.8 Å². The smallest absolute Gasteiger partial charge is 0.368 e. The van der Waals surface area contributed by atoms with Crippen LogP contribution in [0.2, 0.25) is 5.02 Å². The highest BCUT2D eigenvalue weighted by Gasteiger charge is 2.31. The molecule has 1 aliphatic heterocycles. The maximum Gasteiger partial charge on any atom is 0.417 e. The van der Waals surface area contributed by atoms with Crippen molar-refractivity contribution in [1.29, 1.82) is 0 Å². The number of rotatable bonds is 5. The highest BCUT2D eigenvalue weighted by molar-refractivity contribution is 6.32. The molecule has 1 aromatic heterocycles. The molecule has 1 saturated heterocycles. The Kier molecular flexibility index (Phi) is 6.28. The van der Waals surface area contributed by atoms with Gasteiger partial charge in [-0.25, -0.2) is 4.98 Å². The molecule has 2 heterocycles. The first-order chi connectivity index (χ1) is 11.3. The molecule has 0 atom stereocenters. The normalized spacial score (nSPS) is 16.0. The number of carbonyl (C=O) groups excluding carboxylic acids is 1. The van der Waals surface area contributed by atoms with Crippen LogP contribution < -0.4 is 10.6 Å². The molecule has 0 bridgehead atoms. The summed E-state index contributed by atoms with van der Waals surface area (Å²) in [6, 6.07) is 1.05. The Morgan fingerprint density at radius 1 is 1.46 bits per heavy atom. The van der Waals surface area contributed by atoms with Crippen molar-refractivity contribution in [2.75, 3.05) is 32.0 Å². The Hall–Kier alpha value is -1.54. The van der Waals surface area contributed by atoms with Gasteiger partial charge in [-0.2, -0.15) is 13.2 Å². The van der Waals surface area contributed by atoms with Gasteiger partial charge in [-0.3, -0.25) is 4.79 Å². The van der Waals surface area contributed by atoms with E-state index in [0.717, 1.165) is 38.2 Å². The van der Waals surface area contributed by atoms with Gasteiger partial charge in [0.15, 0.2) is 0 Å². The summed E-state index contributed by atoms with van der Waals surface area (Å²) in [5, 5.41) is 5.93. The molecule has 0 aromatic carbocycles. The zero-order chi connectivity index (χ0) is 17.7. The maximum absolute atomic E-state index is 12.5. The van der Waals surface area contributed by atoms with Crippen LogP contribution in [0.1, 0.15) is 24.8 Å². The van der Waals surface area contributed by atoms with E-state index in [1.165, 1.54) is 0 Å². The predicted molar refractivity (Wildman–Crippen MR) is 86.0 cm³/mol. The van der Waals surface area contributed by atoms with Gasteiger partial charge in [0.25, 0.3) is 0 Å². The van der Waals surface area contributed by atoms with Crippen LogP contribution in [0.25, 0.3) is 0 Å². The largest absolute Gasteiger partial charge is 0.417 e. The van der Waals surface area contributed by atoms with E-state index in [0.29, 0.717) is 0 Å². The molecular weight excluding hydrogens is 345 g/mol. The molecular formula is C15H20ClF3N4O. The average molecular weight is 365 g/mol. The van der Waals surface area contributed by atoms with Crippen molar-refractivity contribution in [3.05, 3.63) is 22.8 Å². The summed E-state index contributed by atoms with van der Waals surface area (Å²) in [4.78, 5) is 17.6. The second-order valence-electron chi connectivity index (χ2n) is 5.71. The molecule has 9 heteroatoms. The van der Waals surface area contributed by atoms with Crippen LogP contribution in [0.5, 0.6) is 0 Å². The van der Waals surface area contributed by atoms with Crippen LogP contribution in [0.4, 0.5) is 19.0 Å². The number of amides is 1. The first-order valence-corrected chi connectivity index (χ1v) is 8.10. The molecule has 0 radical (unpaired) electrons. The fourth-order valence-corrected chi connectivity index (χ4v) is 2.82. The lowest BCUT2D eigenvalue weighted by atomic mass is 10.1. The lowest BCUT2D eigenvalue weighted by molar-refractivity contribution is -0.137. The van der Waals surface area contributed by atoms with Gasteiger partial charge >= 0.3 is 6.18 Å². The summed E-state index contributed by atoms with van der Waals surface area (Å²) < 4.78 is 37.6. The van der Waals surface area contributed by atoms with Crippen LogP contribution in [-0.4, -0.2) is 48.5 Å². The van der Waals surface area contributed by atoms with Gasteiger partial charge in [-0.05, 0) is 32.0 Å². The zero-order valence-electron chi connectivity index (χ0n) is 13.3. The molecule has 5 nitrogen and oxygen atoms in total. The van der Waals surface area contributed by atoms with Gasteiger partial charge in [-0.15, -0.1) is 0 Å². The topological polar surface area (TPSA) is 57.3 Å². The van der Waals surface area contributed by atoms with E-state index in [2.05, 4.69) is 15.6 Å². The molecule has 0 spiro atoms. The Morgan fingerprint density at radius 2 is 2.12 bits per heavy atom. The van der Waals surface area contributed by atoms with E-state index in [1.807, 2.05) is 0 Å². The van der Waals surface area contributed by atoms with Gasteiger partial charge < -0.3 is 15.5 Å². The number of aromatic nitrogens is 1. The van der Waals surface area contributed by atoms with E-state index >= 15 is 0 Å². The number of nitrogens with one attached hydrogen (secondary N) is 2. The zero-order valence-corrected chi connectivity index (χ0v) is 14.0. The number of pyridine rings is 1. The third-order valence-electron chi connectivity index (χ3n) is 4.05. The number of halogens is 4. The van der Waals surface area contributed by atoms with Crippen molar-refractivity contribution in [1.82, 2.24) is 15.2 Å². The minimum atomic E-state index is -4.48. The third-order valence-corrected chi connectivity index (χ3v) is 4.34. The SMILES string of the molecule is CN(C(=O)CCNc1ncc(C(F)(F)F)cc1Cl)C1CCNCC1. The van der Waals surface area contributed by atoms with Crippen LogP contribution in [0.15, 0.2) is 12.3 Å². The van der Waals surface area contributed by atoms with Crippen LogP contribution >= 0.6 is 11.6 Å². The van der Waals surface area contributed by atoms with Gasteiger partial charge in [0.05, 0.1) is 10.6 Å². The summed E-state index contributed by atoms with van der Waals surface area (Å²) in [5.41, 5.74) is -0.903. The van der Waals surface area contributed by atoms with Crippen molar-refractivity contribution in [3.8, 4) is 0 Å². The first kappa shape index (κ1) is 18.8. The molecule has 1 fully saturated rings. The number of anilines is 1. The number of hydrogen-bond donors (Lipinski definition) is 2. The monoisotopic (exact) mass is 364 g/mol. The number of nitrogens with zero attached hydrogens (tertiary/aromatic N) is 2. The molecule has 24 heavy (non-hydrogen) atoms. The lowest BCUT2D eigenvalue weighted by Crippen LogP contribution is -2.44. The van der Waals surface area contributed by atoms with Crippen molar-refractivity contribution in [2.24, 2.45) is 0 Å². The summed E-state index contributed by atoms with van der Waals surface area (Å²) >= 11 is 5.81. The van der Waals surface area contributed by atoms with Gasteiger partial charge in [0.1, 0.15) is 5.82 Å². The third kappa shape index (κ3) is 4.98. The van der Waals surface area contributed by atoms with Gasteiger partial charge in [0, 0.05) is 32.3 Å². The number of piperidine rings is 1. The summed E-state index contributed by atoms with van der Waals surface area (Å²) in [7, 11) is 1.78. The van der Waals surface area contributed by atoms with Gasteiger partial charge in [0.2, 0.25) is 5.91 Å². The van der Waals surface area contributed by atoms with Crippen LogP contribution in [0.3, 0.4) is 0 Å². The fraction of sp³-hybridized carbons (Fsp3) is 0.600. The summed E-state index contributed by atoms with van der Waals surface area (Å²) in [6.07, 6.45) is -1.71. The Balaban J connectivity index is 1.84. The summed E-state index contributed by atoms with van der Waals surface area (Å²) in [5.74, 6) is 0.124. The molecule has 0 unspecified atom stereocenters. The molecule has 2 rings (SSSR count). The molecule has 0 saturated carbocycles. The van der Waals surface area contributed by atoms with Crippen molar-refractivity contribution < 1.29 is 18.0 Å². The van der Waals surface area contributed by atoms with Crippen LogP contribution in [-0.2, 0) is 11.0 Å². The van der Waals surface area contributed by atoms with E-state index in [4.69, 9.17) is 11.6 Å². The summed E-state index contributed by atoms with van der Waals surface area (Å²) in [6.45, 7) is 2.05. The number of alkyl halides is 3. The van der Waals surface area contributed by atoms with E-state index < -0.39 is 11.7 Å². The number of hydrogen-bond acceptors (Lipinski definition) is 4. The van der Waals surface area contributed by atoms with Crippen molar-refractivity contribution in [2.45, 2.75) is 31.5 Å². The van der Waals surface area contributed by atoms with Crippen LogP contribution in [0, 0.1) is 0 Å². The second-order valence-corrected chi connectivity index (χ2v) is 6.12. The molecule has 1 aliphatic rings. The molecule has 2 N–H and O–H groups in total. The maximum atomic E-state index is 12.5. The molecule has 1 amide bonds. The minimum absolute atomic E-state index is 0.0163. The molecule has 1 aromatic rings. The second kappa shape index (κ2) is 8.02. The van der Waals surface area contributed by atoms with E-state index in [1.54, 1.807) is 11.9 Å². The van der Waals surface area contributed by atoms with E-state index in [9.17, 15) is 18.0 Å². The first-order valence-electron chi connectivity index (χ1n) is 7.72. The highest BCUT2D eigenvalue weighted by atomic mass is 35.5. The minimum Gasteiger partial charge on any atom is -0.368 e. The van der Waals surface area contributed by atoms with Crippen molar-refractivity contribution >= 4 is 23.3 Å². The molecule has 134 valence electrons. The quantitative estimate of drug-likeness (QED) is 0.843. The Morgan fingerprint density at radius 3 is 2.71 bits per heavy atom. The standard InChI is InChI=1S/C15H20ClF3N4O/c1-23(11-2-5-20-6-3-11)13(24)4-7-21-14-12(16)8-10(9-22-14)15(17,18)19/h8-9,11,20H,2-7H2,1H3,(H,21,22). The number of carbonyl (C=O) groups is 1. The Bertz CT molecular complexity index is 576. The van der Waals surface area contributed by atoms with Crippen molar-refractivity contribution in [3.63, 3.8) is 0 Å². The molecule has 0 aliphatic carbocycles. The highest BCUT2D eigenvalue weighted by Crippen LogP contribution is 2.32. The lowest BCUT2D eigenvalue weighted by Gasteiger charge is -2.31. The average Bonchev–Trinajstić information content (AvgIpc) is 2.55. The fourth-order valence-electron chi connectivity index (χ4n) is 2.58.